The zero-order chi connectivity index (χ0) is 20.6. The number of fused-ring (bicyclic) bond motifs is 1. The number of anilines is 2. The smallest absolute Gasteiger partial charge is 0.267 e. The van der Waals surface area contributed by atoms with E-state index in [2.05, 4.69) is 9.88 Å². The summed E-state index contributed by atoms with van der Waals surface area (Å²) < 4.78 is 33.1. The molecule has 150 valence electrons. The third-order valence-corrected chi connectivity index (χ3v) is 6.58. The number of hydrogen-bond donors (Lipinski definition) is 1. The van der Waals surface area contributed by atoms with Crippen molar-refractivity contribution in [2.75, 3.05) is 9.62 Å². The minimum atomic E-state index is -3.82. The molecular formula is C21H21N3O4S. The predicted octanol–water partition coefficient (Wildman–Crippen LogP) is 3.57. The maximum Gasteiger partial charge on any atom is 0.267 e. The first kappa shape index (κ1) is 19.2. The summed E-state index contributed by atoms with van der Waals surface area (Å²) in [6.45, 7) is 3.64. The van der Waals surface area contributed by atoms with E-state index < -0.39 is 10.0 Å². The summed E-state index contributed by atoms with van der Waals surface area (Å²) in [6.07, 6.45) is 0.959. The quantitative estimate of drug-likeness (QED) is 0.693. The Kier molecular flexibility index (Phi) is 4.87. The maximum absolute atomic E-state index is 12.8. The number of aryl methyl sites for hydroxylation is 3. The normalized spacial score (nSPS) is 14.0. The molecule has 0 spiro atoms. The molecule has 0 unspecified atom stereocenters. The summed E-state index contributed by atoms with van der Waals surface area (Å²) in [5.74, 6) is 0.304. The van der Waals surface area contributed by atoms with E-state index in [0.717, 1.165) is 16.8 Å². The number of nitrogens with zero attached hydrogens (tertiary/aromatic N) is 2. The molecule has 0 bridgehead atoms. The van der Waals surface area contributed by atoms with Crippen molar-refractivity contribution in [1.29, 1.82) is 0 Å². The van der Waals surface area contributed by atoms with Crippen LogP contribution in [0.4, 0.5) is 11.4 Å². The topological polar surface area (TPSA) is 92.5 Å². The Morgan fingerprint density at radius 2 is 1.86 bits per heavy atom. The Morgan fingerprint density at radius 1 is 1.10 bits per heavy atom. The van der Waals surface area contributed by atoms with Gasteiger partial charge in [-0.05, 0) is 49.6 Å². The van der Waals surface area contributed by atoms with Crippen molar-refractivity contribution in [3.05, 3.63) is 71.1 Å². The SMILES string of the molecule is Cc1noc(C)c1S(=O)(=O)Nc1ccc2c(c1)CCC(=O)N2Cc1ccccc1. The largest absolute Gasteiger partial charge is 0.360 e. The summed E-state index contributed by atoms with van der Waals surface area (Å²) in [4.78, 5) is 14.3. The van der Waals surface area contributed by atoms with Crippen LogP contribution in [0, 0.1) is 13.8 Å². The Hall–Kier alpha value is -3.13. The van der Waals surface area contributed by atoms with Crippen LogP contribution in [0.1, 0.15) is 29.0 Å². The predicted molar refractivity (Wildman–Crippen MR) is 109 cm³/mol. The number of aromatic nitrogens is 1. The van der Waals surface area contributed by atoms with E-state index in [0.29, 0.717) is 30.8 Å². The minimum Gasteiger partial charge on any atom is -0.360 e. The fourth-order valence-corrected chi connectivity index (χ4v) is 5.01. The number of sulfonamides is 1. The van der Waals surface area contributed by atoms with Gasteiger partial charge in [0.25, 0.3) is 10.0 Å². The molecule has 1 N–H and O–H groups in total. The first-order valence-electron chi connectivity index (χ1n) is 9.28. The van der Waals surface area contributed by atoms with Gasteiger partial charge in [0.2, 0.25) is 5.91 Å². The fourth-order valence-electron chi connectivity index (χ4n) is 3.63. The van der Waals surface area contributed by atoms with Crippen molar-refractivity contribution in [2.24, 2.45) is 0 Å². The number of benzene rings is 2. The van der Waals surface area contributed by atoms with Crippen LogP contribution in [0.25, 0.3) is 0 Å². The lowest BCUT2D eigenvalue weighted by molar-refractivity contribution is -0.119. The second-order valence-electron chi connectivity index (χ2n) is 7.07. The van der Waals surface area contributed by atoms with Gasteiger partial charge < -0.3 is 9.42 Å². The lowest BCUT2D eigenvalue weighted by atomic mass is 10.00. The molecule has 3 aromatic rings. The monoisotopic (exact) mass is 411 g/mol. The number of hydrogen-bond acceptors (Lipinski definition) is 5. The van der Waals surface area contributed by atoms with Gasteiger partial charge in [0.15, 0.2) is 10.7 Å². The van der Waals surface area contributed by atoms with Crippen LogP contribution in [0.2, 0.25) is 0 Å². The number of carbonyl (C=O) groups excluding carboxylic acids is 1. The van der Waals surface area contributed by atoms with Crippen LogP contribution in [0.5, 0.6) is 0 Å². The highest BCUT2D eigenvalue weighted by Crippen LogP contribution is 2.32. The third kappa shape index (κ3) is 3.75. The first-order chi connectivity index (χ1) is 13.8. The second kappa shape index (κ2) is 7.36. The summed E-state index contributed by atoms with van der Waals surface area (Å²) >= 11 is 0. The second-order valence-corrected chi connectivity index (χ2v) is 8.69. The number of nitrogens with one attached hydrogen (secondary N) is 1. The van der Waals surface area contributed by atoms with Crippen LogP contribution < -0.4 is 9.62 Å². The molecule has 7 nitrogen and oxygen atoms in total. The van der Waals surface area contributed by atoms with Crippen molar-refractivity contribution in [2.45, 2.75) is 38.1 Å². The zero-order valence-corrected chi connectivity index (χ0v) is 17.0. The van der Waals surface area contributed by atoms with E-state index >= 15 is 0 Å². The van der Waals surface area contributed by atoms with Gasteiger partial charge >= 0.3 is 0 Å². The minimum absolute atomic E-state index is 0.0519. The van der Waals surface area contributed by atoms with E-state index in [1.54, 1.807) is 36.9 Å². The molecule has 0 fully saturated rings. The Labute approximate surface area is 169 Å². The molecule has 1 aromatic heterocycles. The van der Waals surface area contributed by atoms with E-state index in [1.165, 1.54) is 0 Å². The van der Waals surface area contributed by atoms with Gasteiger partial charge in [-0.3, -0.25) is 9.52 Å². The van der Waals surface area contributed by atoms with Crippen LogP contribution >= 0.6 is 0 Å². The molecule has 0 aliphatic carbocycles. The molecule has 29 heavy (non-hydrogen) atoms. The highest BCUT2D eigenvalue weighted by molar-refractivity contribution is 7.92. The molecule has 4 rings (SSSR count). The van der Waals surface area contributed by atoms with E-state index in [9.17, 15) is 13.2 Å². The molecule has 0 saturated heterocycles. The van der Waals surface area contributed by atoms with Gasteiger partial charge in [0.1, 0.15) is 5.69 Å². The van der Waals surface area contributed by atoms with Crippen LogP contribution in [-0.4, -0.2) is 19.5 Å². The molecule has 1 amide bonds. The highest BCUT2D eigenvalue weighted by Gasteiger charge is 2.27. The molecule has 8 heteroatoms. The van der Waals surface area contributed by atoms with Crippen molar-refractivity contribution >= 4 is 27.3 Å². The molecule has 0 saturated carbocycles. The van der Waals surface area contributed by atoms with E-state index in [4.69, 9.17) is 4.52 Å². The van der Waals surface area contributed by atoms with Crippen molar-refractivity contribution < 1.29 is 17.7 Å². The summed E-state index contributed by atoms with van der Waals surface area (Å²) in [5, 5.41) is 3.71. The summed E-state index contributed by atoms with van der Waals surface area (Å²) in [6, 6.07) is 15.0. The lowest BCUT2D eigenvalue weighted by Gasteiger charge is -2.30. The molecule has 1 aliphatic heterocycles. The fraction of sp³-hybridized carbons (Fsp3) is 0.238. The number of amides is 1. The summed E-state index contributed by atoms with van der Waals surface area (Å²) in [7, 11) is -3.82. The number of carbonyl (C=O) groups is 1. The third-order valence-electron chi connectivity index (χ3n) is 4.95. The lowest BCUT2D eigenvalue weighted by Crippen LogP contribution is -2.34. The van der Waals surface area contributed by atoms with Gasteiger partial charge in [-0.2, -0.15) is 0 Å². The Bertz CT molecular complexity index is 1150. The van der Waals surface area contributed by atoms with Crippen molar-refractivity contribution in [3.63, 3.8) is 0 Å². The van der Waals surface area contributed by atoms with Crippen LogP contribution in [0.3, 0.4) is 0 Å². The molecule has 1 aliphatic rings. The summed E-state index contributed by atoms with van der Waals surface area (Å²) in [5.41, 5.74) is 3.53. The average Bonchev–Trinajstić information content (AvgIpc) is 3.04. The molecular weight excluding hydrogens is 390 g/mol. The number of rotatable bonds is 5. The van der Waals surface area contributed by atoms with Crippen LogP contribution in [-0.2, 0) is 27.8 Å². The van der Waals surface area contributed by atoms with Crippen molar-refractivity contribution in [3.8, 4) is 0 Å². The maximum atomic E-state index is 12.8. The van der Waals surface area contributed by atoms with Gasteiger partial charge in [-0.1, -0.05) is 35.5 Å². The van der Waals surface area contributed by atoms with Gasteiger partial charge in [-0.15, -0.1) is 0 Å². The van der Waals surface area contributed by atoms with Gasteiger partial charge in [0.05, 0.1) is 6.54 Å². The first-order valence-corrected chi connectivity index (χ1v) is 10.8. The van der Waals surface area contributed by atoms with Gasteiger partial charge in [-0.25, -0.2) is 8.42 Å². The van der Waals surface area contributed by atoms with E-state index in [-0.39, 0.29) is 16.6 Å². The Balaban J connectivity index is 1.63. The average molecular weight is 411 g/mol. The highest BCUT2D eigenvalue weighted by atomic mass is 32.2. The Morgan fingerprint density at radius 3 is 2.55 bits per heavy atom. The zero-order valence-electron chi connectivity index (χ0n) is 16.2. The van der Waals surface area contributed by atoms with Gasteiger partial charge in [0, 0.05) is 17.8 Å². The molecule has 2 aromatic carbocycles. The van der Waals surface area contributed by atoms with Crippen LogP contribution in [0.15, 0.2) is 57.9 Å². The molecule has 2 heterocycles. The molecule has 0 radical (unpaired) electrons. The van der Waals surface area contributed by atoms with Crippen molar-refractivity contribution in [1.82, 2.24) is 5.16 Å². The standard InChI is InChI=1S/C21H21N3O4S/c1-14-21(15(2)28-22-14)29(26,27)23-18-9-10-19-17(12-18)8-11-20(25)24(19)13-16-6-4-3-5-7-16/h3-7,9-10,12,23H,8,11,13H2,1-2H3. The molecule has 0 atom stereocenters. The van der Waals surface area contributed by atoms with E-state index in [1.807, 2.05) is 30.3 Å².